The Bertz CT molecular complexity index is 506. The van der Waals surface area contributed by atoms with Crippen molar-refractivity contribution in [3.05, 3.63) is 30.3 Å². The fraction of sp³-hybridized carbons (Fsp3) is 0.611. The molecule has 0 atom stereocenters. The summed E-state index contributed by atoms with van der Waals surface area (Å²) in [5.74, 6) is 1.07. The Morgan fingerprint density at radius 3 is 2.39 bits per heavy atom. The molecule has 3 rings (SSSR count). The topological polar surface area (TPSA) is 58.8 Å². The van der Waals surface area contributed by atoms with Gasteiger partial charge >= 0.3 is 0 Å². The van der Waals surface area contributed by atoms with Gasteiger partial charge in [-0.3, -0.25) is 9.69 Å². The third-order valence-electron chi connectivity index (χ3n) is 5.00. The van der Waals surface area contributed by atoms with Crippen molar-refractivity contribution in [1.29, 1.82) is 0 Å². The van der Waals surface area contributed by atoms with E-state index in [0.29, 0.717) is 6.61 Å². The normalized spacial score (nSPS) is 21.3. The highest BCUT2D eigenvalue weighted by atomic mass is 16.5. The molecule has 0 bridgehead atoms. The molecule has 1 aromatic carbocycles. The van der Waals surface area contributed by atoms with Gasteiger partial charge in [0.1, 0.15) is 12.4 Å². The van der Waals surface area contributed by atoms with Gasteiger partial charge in [-0.25, -0.2) is 0 Å². The molecule has 1 aliphatic heterocycles. The first kappa shape index (κ1) is 16.3. The summed E-state index contributed by atoms with van der Waals surface area (Å²) in [4.78, 5) is 16.9. The monoisotopic (exact) mass is 317 g/mol. The van der Waals surface area contributed by atoms with Crippen LogP contribution in [0, 0.1) is 0 Å². The Morgan fingerprint density at radius 1 is 1.09 bits per heavy atom. The minimum Gasteiger partial charge on any atom is -0.492 e. The molecule has 1 aromatic rings. The van der Waals surface area contributed by atoms with Crippen LogP contribution >= 0.6 is 0 Å². The number of nitrogens with two attached hydrogens (primary N) is 1. The summed E-state index contributed by atoms with van der Waals surface area (Å²) < 4.78 is 5.74. The van der Waals surface area contributed by atoms with Gasteiger partial charge in [0.25, 0.3) is 0 Å². The Balaban J connectivity index is 1.39. The summed E-state index contributed by atoms with van der Waals surface area (Å²) in [6.07, 6.45) is 3.85. The number of nitrogens with zero attached hydrogens (tertiary/aromatic N) is 2. The summed E-state index contributed by atoms with van der Waals surface area (Å²) in [5.41, 5.74) is 5.70. The predicted molar refractivity (Wildman–Crippen MR) is 90.3 cm³/mol. The molecule has 1 saturated carbocycles. The number of piperazine rings is 1. The highest BCUT2D eigenvalue weighted by molar-refractivity contribution is 5.86. The fourth-order valence-electron chi connectivity index (χ4n) is 3.52. The van der Waals surface area contributed by atoms with E-state index >= 15 is 0 Å². The Hall–Kier alpha value is -1.59. The van der Waals surface area contributed by atoms with Crippen LogP contribution in [0.25, 0.3) is 0 Å². The molecule has 1 heterocycles. The van der Waals surface area contributed by atoms with Crippen LogP contribution in [0.1, 0.15) is 25.7 Å². The Labute approximate surface area is 138 Å². The number of para-hydroxylation sites is 1. The number of hydrogen-bond donors (Lipinski definition) is 1. The summed E-state index contributed by atoms with van der Waals surface area (Å²) >= 11 is 0. The number of rotatable bonds is 5. The molecule has 1 saturated heterocycles. The molecule has 23 heavy (non-hydrogen) atoms. The number of hydrogen-bond acceptors (Lipinski definition) is 4. The second-order valence-corrected chi connectivity index (χ2v) is 6.66. The minimum atomic E-state index is -0.585. The number of carbonyl (C=O) groups excluding carboxylic acids is 1. The molecule has 126 valence electrons. The van der Waals surface area contributed by atoms with Crippen molar-refractivity contribution in [1.82, 2.24) is 9.80 Å². The molecule has 1 amide bonds. The first-order chi connectivity index (χ1) is 11.2. The van der Waals surface area contributed by atoms with Crippen LogP contribution < -0.4 is 10.5 Å². The second kappa shape index (κ2) is 7.32. The second-order valence-electron chi connectivity index (χ2n) is 6.66. The lowest BCUT2D eigenvalue weighted by atomic mass is 9.97. The molecular formula is C18H27N3O2. The SMILES string of the molecule is NC1(C(=O)N2CCN(CCOc3ccccc3)CC2)CCCC1. The van der Waals surface area contributed by atoms with E-state index in [1.165, 1.54) is 0 Å². The summed E-state index contributed by atoms with van der Waals surface area (Å²) in [6, 6.07) is 9.88. The Kier molecular flexibility index (Phi) is 5.18. The van der Waals surface area contributed by atoms with Crippen molar-refractivity contribution in [2.75, 3.05) is 39.3 Å². The molecule has 5 heteroatoms. The lowest BCUT2D eigenvalue weighted by molar-refractivity contribution is -0.138. The summed E-state index contributed by atoms with van der Waals surface area (Å²) in [5, 5.41) is 0. The molecule has 0 radical (unpaired) electrons. The van der Waals surface area contributed by atoms with Gasteiger partial charge in [0.05, 0.1) is 5.54 Å². The lowest BCUT2D eigenvalue weighted by Gasteiger charge is -2.38. The van der Waals surface area contributed by atoms with Crippen LogP contribution in [0.3, 0.4) is 0 Å². The maximum atomic E-state index is 12.6. The lowest BCUT2D eigenvalue weighted by Crippen LogP contribution is -2.58. The third-order valence-corrected chi connectivity index (χ3v) is 5.00. The standard InChI is InChI=1S/C18H27N3O2/c19-18(8-4-5-9-18)17(22)21-12-10-20(11-13-21)14-15-23-16-6-2-1-3-7-16/h1-3,6-7H,4-5,8-15,19H2. The van der Waals surface area contributed by atoms with E-state index in [0.717, 1.165) is 64.2 Å². The van der Waals surface area contributed by atoms with E-state index in [9.17, 15) is 4.79 Å². The minimum absolute atomic E-state index is 0.162. The largest absolute Gasteiger partial charge is 0.492 e. The van der Waals surface area contributed by atoms with E-state index in [2.05, 4.69) is 4.90 Å². The van der Waals surface area contributed by atoms with Gasteiger partial charge in [0.15, 0.2) is 0 Å². The van der Waals surface area contributed by atoms with Crippen molar-refractivity contribution in [3.63, 3.8) is 0 Å². The van der Waals surface area contributed by atoms with Crippen molar-refractivity contribution in [3.8, 4) is 5.75 Å². The van der Waals surface area contributed by atoms with Gasteiger partial charge in [-0.2, -0.15) is 0 Å². The quantitative estimate of drug-likeness (QED) is 0.894. The number of amides is 1. The molecule has 1 aliphatic carbocycles. The van der Waals surface area contributed by atoms with Crippen molar-refractivity contribution >= 4 is 5.91 Å². The number of benzene rings is 1. The van der Waals surface area contributed by atoms with E-state index in [1.54, 1.807) is 0 Å². The van der Waals surface area contributed by atoms with Crippen LogP contribution in [0.2, 0.25) is 0 Å². The zero-order valence-corrected chi connectivity index (χ0v) is 13.7. The van der Waals surface area contributed by atoms with Crippen LogP contribution in [0.5, 0.6) is 5.75 Å². The van der Waals surface area contributed by atoms with E-state index in [1.807, 2.05) is 35.2 Å². The zero-order chi connectivity index (χ0) is 16.1. The Morgan fingerprint density at radius 2 is 1.74 bits per heavy atom. The first-order valence-electron chi connectivity index (χ1n) is 8.66. The maximum absolute atomic E-state index is 12.6. The maximum Gasteiger partial charge on any atom is 0.242 e. The third kappa shape index (κ3) is 4.03. The van der Waals surface area contributed by atoms with E-state index < -0.39 is 5.54 Å². The summed E-state index contributed by atoms with van der Waals surface area (Å²) in [6.45, 7) is 4.94. The van der Waals surface area contributed by atoms with E-state index in [4.69, 9.17) is 10.5 Å². The van der Waals surface area contributed by atoms with Crippen molar-refractivity contribution in [2.45, 2.75) is 31.2 Å². The van der Waals surface area contributed by atoms with E-state index in [-0.39, 0.29) is 5.91 Å². The van der Waals surface area contributed by atoms with Crippen molar-refractivity contribution in [2.24, 2.45) is 5.73 Å². The molecular weight excluding hydrogens is 290 g/mol. The average Bonchev–Trinajstić information content (AvgIpc) is 3.04. The highest BCUT2D eigenvalue weighted by Crippen LogP contribution is 2.29. The van der Waals surface area contributed by atoms with Gasteiger partial charge in [-0.15, -0.1) is 0 Å². The molecule has 0 aromatic heterocycles. The van der Waals surface area contributed by atoms with Gasteiger partial charge in [-0.1, -0.05) is 31.0 Å². The van der Waals surface area contributed by atoms with Crippen LogP contribution in [-0.2, 0) is 4.79 Å². The molecule has 0 spiro atoms. The fourth-order valence-corrected chi connectivity index (χ4v) is 3.52. The van der Waals surface area contributed by atoms with Gasteiger partial charge < -0.3 is 15.4 Å². The molecule has 0 unspecified atom stereocenters. The highest BCUT2D eigenvalue weighted by Gasteiger charge is 2.40. The zero-order valence-electron chi connectivity index (χ0n) is 13.7. The predicted octanol–water partition coefficient (Wildman–Crippen LogP) is 1.48. The number of ether oxygens (including phenoxy) is 1. The first-order valence-corrected chi connectivity index (χ1v) is 8.66. The number of carbonyl (C=O) groups is 1. The smallest absolute Gasteiger partial charge is 0.242 e. The molecule has 2 N–H and O–H groups in total. The van der Waals surface area contributed by atoms with Gasteiger partial charge in [0.2, 0.25) is 5.91 Å². The van der Waals surface area contributed by atoms with Crippen LogP contribution in [-0.4, -0.2) is 60.6 Å². The van der Waals surface area contributed by atoms with Gasteiger partial charge in [0, 0.05) is 32.7 Å². The van der Waals surface area contributed by atoms with Gasteiger partial charge in [-0.05, 0) is 25.0 Å². The summed E-state index contributed by atoms with van der Waals surface area (Å²) in [7, 11) is 0. The van der Waals surface area contributed by atoms with Crippen LogP contribution in [0.15, 0.2) is 30.3 Å². The molecule has 5 nitrogen and oxygen atoms in total. The van der Waals surface area contributed by atoms with Crippen LogP contribution in [0.4, 0.5) is 0 Å². The molecule has 2 fully saturated rings. The molecule has 2 aliphatic rings. The van der Waals surface area contributed by atoms with Crippen molar-refractivity contribution < 1.29 is 9.53 Å². The average molecular weight is 317 g/mol.